The van der Waals surface area contributed by atoms with Gasteiger partial charge in [-0.05, 0) is 13.8 Å². The fraction of sp³-hybridized carbons (Fsp3) is 0.500. The Kier molecular flexibility index (Phi) is 3.09. The zero-order chi connectivity index (χ0) is 11.5. The first kappa shape index (κ1) is 10.9. The van der Waals surface area contributed by atoms with Gasteiger partial charge in [-0.25, -0.2) is 0 Å². The van der Waals surface area contributed by atoms with E-state index in [1.165, 1.54) is 18.1 Å². The third-order valence-electron chi connectivity index (χ3n) is 1.94. The molecule has 0 unspecified atom stereocenters. The Bertz CT molecular complexity index is 451. The van der Waals surface area contributed by atoms with E-state index in [0.717, 1.165) is 5.16 Å². The number of rotatable bonds is 4. The van der Waals surface area contributed by atoms with Crippen molar-refractivity contribution in [3.63, 3.8) is 0 Å². The van der Waals surface area contributed by atoms with Crippen molar-refractivity contribution in [3.05, 3.63) is 12.2 Å². The third kappa shape index (κ3) is 2.16. The van der Waals surface area contributed by atoms with Crippen LogP contribution in [-0.2, 0) is 5.75 Å². The number of aromatic nitrogens is 5. The molecule has 2 aromatic heterocycles. The predicted octanol–water partition coefficient (Wildman–Crippen LogP) is 1.12. The second-order valence-electron chi connectivity index (χ2n) is 3.43. The van der Waals surface area contributed by atoms with Gasteiger partial charge in [0.25, 0.3) is 0 Å². The van der Waals surface area contributed by atoms with Crippen molar-refractivity contribution in [2.75, 3.05) is 5.73 Å². The molecule has 0 saturated heterocycles. The molecule has 0 fully saturated rings. The largest absolute Gasteiger partial charge is 0.368 e. The van der Waals surface area contributed by atoms with Gasteiger partial charge in [-0.1, -0.05) is 16.9 Å². The van der Waals surface area contributed by atoms with E-state index in [1.807, 2.05) is 18.4 Å². The van der Waals surface area contributed by atoms with Crippen LogP contribution in [0.1, 0.15) is 25.8 Å². The molecule has 8 heteroatoms. The molecule has 0 saturated carbocycles. The number of hydrogen-bond acceptors (Lipinski definition) is 7. The minimum absolute atomic E-state index is 0.222. The van der Waals surface area contributed by atoms with Crippen LogP contribution in [0.4, 0.5) is 5.95 Å². The van der Waals surface area contributed by atoms with Crippen molar-refractivity contribution in [3.8, 4) is 0 Å². The van der Waals surface area contributed by atoms with Gasteiger partial charge in [-0.3, -0.25) is 4.57 Å². The van der Waals surface area contributed by atoms with Crippen LogP contribution in [0, 0.1) is 0 Å². The van der Waals surface area contributed by atoms with Gasteiger partial charge < -0.3 is 10.3 Å². The van der Waals surface area contributed by atoms with E-state index in [4.69, 9.17) is 10.3 Å². The van der Waals surface area contributed by atoms with Crippen LogP contribution in [0.3, 0.4) is 0 Å². The summed E-state index contributed by atoms with van der Waals surface area (Å²) in [5.74, 6) is 1.54. The fourth-order valence-electron chi connectivity index (χ4n) is 1.26. The SMILES string of the molecule is CC(C)n1c(N)nnc1SCc1ncno1. The summed E-state index contributed by atoms with van der Waals surface area (Å²) in [6.45, 7) is 4.05. The summed E-state index contributed by atoms with van der Waals surface area (Å²) in [5, 5.41) is 12.1. The molecular weight excluding hydrogens is 228 g/mol. The molecule has 0 aliphatic rings. The van der Waals surface area contributed by atoms with E-state index in [2.05, 4.69) is 20.3 Å². The molecule has 2 rings (SSSR count). The number of nitrogens with two attached hydrogens (primary N) is 1. The van der Waals surface area contributed by atoms with Crippen LogP contribution in [-0.4, -0.2) is 24.9 Å². The van der Waals surface area contributed by atoms with E-state index in [-0.39, 0.29) is 6.04 Å². The van der Waals surface area contributed by atoms with Crippen molar-refractivity contribution in [2.24, 2.45) is 0 Å². The van der Waals surface area contributed by atoms with E-state index < -0.39 is 0 Å². The van der Waals surface area contributed by atoms with Crippen LogP contribution < -0.4 is 5.73 Å². The summed E-state index contributed by atoms with van der Waals surface area (Å²) in [6, 6.07) is 0.222. The van der Waals surface area contributed by atoms with Crippen LogP contribution >= 0.6 is 11.8 Å². The molecule has 2 aromatic rings. The Morgan fingerprint density at radius 2 is 2.31 bits per heavy atom. The summed E-state index contributed by atoms with van der Waals surface area (Å²) in [6.07, 6.45) is 1.37. The fourth-order valence-corrected chi connectivity index (χ4v) is 2.18. The van der Waals surface area contributed by atoms with Gasteiger partial charge in [0, 0.05) is 6.04 Å². The van der Waals surface area contributed by atoms with Gasteiger partial charge in [0.2, 0.25) is 11.8 Å². The second-order valence-corrected chi connectivity index (χ2v) is 4.37. The molecular formula is C8H12N6OS. The van der Waals surface area contributed by atoms with Gasteiger partial charge in [-0.2, -0.15) is 4.98 Å². The predicted molar refractivity (Wildman–Crippen MR) is 58.7 cm³/mol. The van der Waals surface area contributed by atoms with E-state index >= 15 is 0 Å². The van der Waals surface area contributed by atoms with Crippen LogP contribution in [0.5, 0.6) is 0 Å². The summed E-state index contributed by atoms with van der Waals surface area (Å²) < 4.78 is 6.75. The standard InChI is InChI=1S/C8H12N6OS/c1-5(2)14-7(9)12-13-8(14)16-3-6-10-4-11-15-6/h4-5H,3H2,1-2H3,(H2,9,12). The van der Waals surface area contributed by atoms with Crippen molar-refractivity contribution in [1.29, 1.82) is 0 Å². The molecule has 0 bridgehead atoms. The summed E-state index contributed by atoms with van der Waals surface area (Å²) in [5.41, 5.74) is 5.72. The van der Waals surface area contributed by atoms with Crippen molar-refractivity contribution in [2.45, 2.75) is 30.8 Å². The molecule has 0 radical (unpaired) electrons. The average Bonchev–Trinajstić information content (AvgIpc) is 2.83. The number of nitrogens with zero attached hydrogens (tertiary/aromatic N) is 5. The highest BCUT2D eigenvalue weighted by Crippen LogP contribution is 2.24. The zero-order valence-corrected chi connectivity index (χ0v) is 9.81. The second kappa shape index (κ2) is 4.52. The Balaban J connectivity index is 2.10. The van der Waals surface area contributed by atoms with Crippen LogP contribution in [0.25, 0.3) is 0 Å². The lowest BCUT2D eigenvalue weighted by Crippen LogP contribution is -2.07. The van der Waals surface area contributed by atoms with Crippen molar-refractivity contribution >= 4 is 17.7 Å². The lowest BCUT2D eigenvalue weighted by atomic mass is 10.4. The van der Waals surface area contributed by atoms with E-state index in [9.17, 15) is 0 Å². The molecule has 0 spiro atoms. The molecule has 0 atom stereocenters. The van der Waals surface area contributed by atoms with E-state index in [0.29, 0.717) is 17.6 Å². The minimum atomic E-state index is 0.222. The first-order valence-electron chi connectivity index (χ1n) is 4.77. The van der Waals surface area contributed by atoms with E-state index in [1.54, 1.807) is 0 Å². The lowest BCUT2D eigenvalue weighted by molar-refractivity contribution is 0.390. The molecule has 7 nitrogen and oxygen atoms in total. The van der Waals surface area contributed by atoms with Gasteiger partial charge in [0.15, 0.2) is 11.5 Å². The summed E-state index contributed by atoms with van der Waals surface area (Å²) >= 11 is 1.47. The number of anilines is 1. The molecule has 2 heterocycles. The Hall–Kier alpha value is -1.57. The zero-order valence-electron chi connectivity index (χ0n) is 8.99. The summed E-state index contributed by atoms with van der Waals surface area (Å²) in [7, 11) is 0. The van der Waals surface area contributed by atoms with Crippen molar-refractivity contribution < 1.29 is 4.52 Å². The highest BCUT2D eigenvalue weighted by molar-refractivity contribution is 7.98. The van der Waals surface area contributed by atoms with Crippen LogP contribution in [0.2, 0.25) is 0 Å². The van der Waals surface area contributed by atoms with Gasteiger partial charge in [0.05, 0.1) is 5.75 Å². The maximum Gasteiger partial charge on any atom is 0.236 e. The molecule has 86 valence electrons. The monoisotopic (exact) mass is 240 g/mol. The number of thioether (sulfide) groups is 1. The van der Waals surface area contributed by atoms with Gasteiger partial charge in [-0.15, -0.1) is 10.2 Å². The topological polar surface area (TPSA) is 95.7 Å². The van der Waals surface area contributed by atoms with Crippen LogP contribution in [0.15, 0.2) is 16.0 Å². The highest BCUT2D eigenvalue weighted by Gasteiger charge is 2.13. The van der Waals surface area contributed by atoms with Gasteiger partial charge in [0.1, 0.15) is 0 Å². The quantitative estimate of drug-likeness (QED) is 0.800. The Morgan fingerprint density at radius 1 is 1.50 bits per heavy atom. The number of hydrogen-bond donors (Lipinski definition) is 1. The maximum atomic E-state index is 5.72. The Labute approximate surface area is 96.4 Å². The first-order chi connectivity index (χ1) is 7.68. The molecule has 0 aromatic carbocycles. The van der Waals surface area contributed by atoms with Gasteiger partial charge >= 0.3 is 0 Å². The minimum Gasteiger partial charge on any atom is -0.368 e. The first-order valence-corrected chi connectivity index (χ1v) is 5.75. The molecule has 0 aliphatic carbocycles. The molecule has 16 heavy (non-hydrogen) atoms. The van der Waals surface area contributed by atoms with Crippen molar-refractivity contribution in [1.82, 2.24) is 24.9 Å². The normalized spacial score (nSPS) is 11.2. The third-order valence-corrected chi connectivity index (χ3v) is 2.87. The Morgan fingerprint density at radius 3 is 2.94 bits per heavy atom. The highest BCUT2D eigenvalue weighted by atomic mass is 32.2. The lowest BCUT2D eigenvalue weighted by Gasteiger charge is -2.10. The average molecular weight is 240 g/mol. The molecule has 0 amide bonds. The number of nitrogen functional groups attached to an aromatic ring is 1. The smallest absolute Gasteiger partial charge is 0.236 e. The molecule has 2 N–H and O–H groups in total. The maximum absolute atomic E-state index is 5.72. The molecule has 0 aliphatic heterocycles. The summed E-state index contributed by atoms with van der Waals surface area (Å²) in [4.78, 5) is 3.93.